The molecule has 16 heavy (non-hydrogen) atoms. The molecular formula is C11H18N4O. The standard InChI is InChI=1S/C11H18N4O/c1-4-12-8-11(16)14-9-7-13-6-5-10(9)15(2)3/h5-7,12H,4,8H2,1-3H3,(H,14,16). The quantitative estimate of drug-likeness (QED) is 0.770. The molecule has 0 aliphatic rings. The van der Waals surface area contributed by atoms with E-state index in [9.17, 15) is 4.79 Å². The van der Waals surface area contributed by atoms with Crippen molar-refractivity contribution in [3.63, 3.8) is 0 Å². The van der Waals surface area contributed by atoms with Crippen molar-refractivity contribution in [3.05, 3.63) is 18.5 Å². The minimum Gasteiger partial charge on any atom is -0.376 e. The number of likely N-dealkylation sites (N-methyl/N-ethyl adjacent to an activating group) is 1. The maximum atomic E-state index is 11.5. The number of nitrogens with zero attached hydrogens (tertiary/aromatic N) is 2. The lowest BCUT2D eigenvalue weighted by atomic mass is 10.3. The third-order valence-electron chi connectivity index (χ3n) is 2.09. The minimum atomic E-state index is -0.0575. The topological polar surface area (TPSA) is 57.3 Å². The first-order chi connectivity index (χ1) is 7.65. The number of aromatic nitrogens is 1. The summed E-state index contributed by atoms with van der Waals surface area (Å²) >= 11 is 0. The van der Waals surface area contributed by atoms with Crippen LogP contribution in [0, 0.1) is 0 Å². The molecule has 0 unspecified atom stereocenters. The summed E-state index contributed by atoms with van der Waals surface area (Å²) in [6.45, 7) is 3.06. The molecule has 1 heterocycles. The first kappa shape index (κ1) is 12.4. The lowest BCUT2D eigenvalue weighted by Crippen LogP contribution is -2.28. The Bertz CT molecular complexity index is 352. The van der Waals surface area contributed by atoms with E-state index in [1.807, 2.05) is 32.0 Å². The molecule has 88 valence electrons. The van der Waals surface area contributed by atoms with Gasteiger partial charge in [-0.3, -0.25) is 9.78 Å². The van der Waals surface area contributed by atoms with E-state index >= 15 is 0 Å². The molecule has 0 atom stereocenters. The van der Waals surface area contributed by atoms with E-state index in [0.29, 0.717) is 6.54 Å². The number of rotatable bonds is 5. The molecule has 0 spiro atoms. The molecule has 0 saturated heterocycles. The number of hydrogen-bond donors (Lipinski definition) is 2. The smallest absolute Gasteiger partial charge is 0.238 e. The number of carbonyl (C=O) groups excluding carboxylic acids is 1. The van der Waals surface area contributed by atoms with Crippen LogP contribution < -0.4 is 15.5 Å². The predicted octanol–water partition coefficient (Wildman–Crippen LogP) is 0.696. The third-order valence-corrected chi connectivity index (χ3v) is 2.09. The number of nitrogens with one attached hydrogen (secondary N) is 2. The second-order valence-corrected chi connectivity index (χ2v) is 3.62. The van der Waals surface area contributed by atoms with Crippen LogP contribution in [0.3, 0.4) is 0 Å². The Morgan fingerprint density at radius 1 is 1.50 bits per heavy atom. The van der Waals surface area contributed by atoms with Crippen LogP contribution in [-0.2, 0) is 4.79 Å². The first-order valence-corrected chi connectivity index (χ1v) is 5.27. The summed E-state index contributed by atoms with van der Waals surface area (Å²) in [6, 6.07) is 1.86. The van der Waals surface area contributed by atoms with Crippen LogP contribution in [0.15, 0.2) is 18.5 Å². The number of anilines is 2. The molecule has 1 amide bonds. The number of amides is 1. The third kappa shape index (κ3) is 3.51. The summed E-state index contributed by atoms with van der Waals surface area (Å²) in [7, 11) is 3.85. The maximum Gasteiger partial charge on any atom is 0.238 e. The van der Waals surface area contributed by atoms with Crippen LogP contribution in [0.25, 0.3) is 0 Å². The van der Waals surface area contributed by atoms with E-state index < -0.39 is 0 Å². The van der Waals surface area contributed by atoms with Crippen LogP contribution in [0.2, 0.25) is 0 Å². The SMILES string of the molecule is CCNCC(=O)Nc1cnccc1N(C)C. The highest BCUT2D eigenvalue weighted by molar-refractivity contribution is 5.95. The molecule has 5 nitrogen and oxygen atoms in total. The molecule has 1 aromatic rings. The van der Waals surface area contributed by atoms with E-state index in [1.165, 1.54) is 0 Å². The molecule has 0 bridgehead atoms. The summed E-state index contributed by atoms with van der Waals surface area (Å²) < 4.78 is 0. The average molecular weight is 222 g/mol. The molecule has 0 radical (unpaired) electrons. The summed E-state index contributed by atoms with van der Waals surface area (Å²) in [5.74, 6) is -0.0575. The van der Waals surface area contributed by atoms with Crippen LogP contribution in [-0.4, -0.2) is 38.1 Å². The molecule has 0 aromatic carbocycles. The molecule has 2 N–H and O–H groups in total. The first-order valence-electron chi connectivity index (χ1n) is 5.27. The van der Waals surface area contributed by atoms with E-state index in [4.69, 9.17) is 0 Å². The van der Waals surface area contributed by atoms with Gasteiger partial charge >= 0.3 is 0 Å². The van der Waals surface area contributed by atoms with Crippen LogP contribution >= 0.6 is 0 Å². The molecular weight excluding hydrogens is 204 g/mol. The predicted molar refractivity (Wildman–Crippen MR) is 65.7 cm³/mol. The average Bonchev–Trinajstić information content (AvgIpc) is 2.27. The van der Waals surface area contributed by atoms with Gasteiger partial charge in [-0.25, -0.2) is 0 Å². The lowest BCUT2D eigenvalue weighted by molar-refractivity contribution is -0.115. The normalized spacial score (nSPS) is 9.94. The minimum absolute atomic E-state index is 0.0575. The molecule has 0 fully saturated rings. The van der Waals surface area contributed by atoms with Crippen molar-refractivity contribution < 1.29 is 4.79 Å². The molecule has 5 heteroatoms. The molecule has 0 saturated carbocycles. The van der Waals surface area contributed by atoms with Crippen molar-refractivity contribution in [2.75, 3.05) is 37.4 Å². The Kier molecular flexibility index (Phi) is 4.72. The van der Waals surface area contributed by atoms with Crippen molar-refractivity contribution in [2.45, 2.75) is 6.92 Å². The fraction of sp³-hybridized carbons (Fsp3) is 0.455. The highest BCUT2D eigenvalue weighted by Crippen LogP contribution is 2.21. The van der Waals surface area contributed by atoms with Gasteiger partial charge in [-0.1, -0.05) is 6.92 Å². The van der Waals surface area contributed by atoms with E-state index in [1.54, 1.807) is 12.4 Å². The zero-order valence-corrected chi connectivity index (χ0v) is 9.95. The van der Waals surface area contributed by atoms with Gasteiger partial charge in [-0.05, 0) is 12.6 Å². The second-order valence-electron chi connectivity index (χ2n) is 3.62. The Balaban J connectivity index is 2.69. The Morgan fingerprint density at radius 2 is 2.25 bits per heavy atom. The Hall–Kier alpha value is -1.62. The maximum absolute atomic E-state index is 11.5. The molecule has 1 rings (SSSR count). The van der Waals surface area contributed by atoms with Crippen molar-refractivity contribution in [1.82, 2.24) is 10.3 Å². The molecule has 1 aromatic heterocycles. The summed E-state index contributed by atoms with van der Waals surface area (Å²) in [6.07, 6.45) is 3.36. The van der Waals surface area contributed by atoms with Gasteiger partial charge in [0.1, 0.15) is 0 Å². The zero-order valence-electron chi connectivity index (χ0n) is 9.95. The highest BCUT2D eigenvalue weighted by Gasteiger charge is 2.07. The van der Waals surface area contributed by atoms with Gasteiger partial charge in [0.2, 0.25) is 5.91 Å². The molecule has 0 aliphatic carbocycles. The zero-order chi connectivity index (χ0) is 12.0. The van der Waals surface area contributed by atoms with Gasteiger partial charge < -0.3 is 15.5 Å². The molecule has 0 aliphatic heterocycles. The fourth-order valence-corrected chi connectivity index (χ4v) is 1.31. The summed E-state index contributed by atoms with van der Waals surface area (Å²) in [4.78, 5) is 17.5. The van der Waals surface area contributed by atoms with Crippen molar-refractivity contribution in [2.24, 2.45) is 0 Å². The van der Waals surface area contributed by atoms with Gasteiger partial charge in [0, 0.05) is 20.3 Å². The van der Waals surface area contributed by atoms with E-state index in [-0.39, 0.29) is 5.91 Å². The van der Waals surface area contributed by atoms with Gasteiger partial charge in [0.25, 0.3) is 0 Å². The monoisotopic (exact) mass is 222 g/mol. The number of carbonyl (C=O) groups is 1. The van der Waals surface area contributed by atoms with Crippen molar-refractivity contribution >= 4 is 17.3 Å². The van der Waals surface area contributed by atoms with E-state index in [2.05, 4.69) is 15.6 Å². The Morgan fingerprint density at radius 3 is 2.88 bits per heavy atom. The van der Waals surface area contributed by atoms with Gasteiger partial charge in [-0.15, -0.1) is 0 Å². The van der Waals surface area contributed by atoms with Crippen LogP contribution in [0.4, 0.5) is 11.4 Å². The van der Waals surface area contributed by atoms with Gasteiger partial charge in [0.15, 0.2) is 0 Å². The Labute approximate surface area is 95.9 Å². The summed E-state index contributed by atoms with van der Waals surface area (Å²) in [5, 5.41) is 5.79. The summed E-state index contributed by atoms with van der Waals surface area (Å²) in [5.41, 5.74) is 1.68. The van der Waals surface area contributed by atoms with Crippen molar-refractivity contribution in [1.29, 1.82) is 0 Å². The van der Waals surface area contributed by atoms with Crippen LogP contribution in [0.1, 0.15) is 6.92 Å². The van der Waals surface area contributed by atoms with Gasteiger partial charge in [0.05, 0.1) is 24.1 Å². The van der Waals surface area contributed by atoms with Gasteiger partial charge in [-0.2, -0.15) is 0 Å². The van der Waals surface area contributed by atoms with Crippen molar-refractivity contribution in [3.8, 4) is 0 Å². The second kappa shape index (κ2) is 6.07. The highest BCUT2D eigenvalue weighted by atomic mass is 16.1. The van der Waals surface area contributed by atoms with Crippen LogP contribution in [0.5, 0.6) is 0 Å². The largest absolute Gasteiger partial charge is 0.376 e. The van der Waals surface area contributed by atoms with E-state index in [0.717, 1.165) is 17.9 Å². The number of pyridine rings is 1. The fourth-order valence-electron chi connectivity index (χ4n) is 1.31. The lowest BCUT2D eigenvalue weighted by Gasteiger charge is -2.17. The number of hydrogen-bond acceptors (Lipinski definition) is 4.